The second-order valence-electron chi connectivity index (χ2n) is 11.1. The summed E-state index contributed by atoms with van der Waals surface area (Å²) in [5.74, 6) is -3.11. The van der Waals surface area contributed by atoms with E-state index in [-0.39, 0.29) is 19.3 Å². The fraction of sp³-hybridized carbons (Fsp3) is 0.625. The van der Waals surface area contributed by atoms with Crippen molar-refractivity contribution in [2.75, 3.05) is 5.32 Å². The molecule has 39 heavy (non-hydrogen) atoms. The number of aliphatic hydroxyl groups is 1. The fourth-order valence-corrected chi connectivity index (χ4v) is 4.06. The lowest BCUT2D eigenvalue weighted by molar-refractivity contribution is -0.277. The minimum absolute atomic E-state index is 0.114. The molecule has 216 valence electrons. The van der Waals surface area contributed by atoms with E-state index in [1.807, 2.05) is 0 Å². The Bertz CT molecular complexity index is 1250. The van der Waals surface area contributed by atoms with Gasteiger partial charge in [-0.1, -0.05) is 20.3 Å². The first kappa shape index (κ1) is 30.3. The Morgan fingerprint density at radius 3 is 2.23 bits per heavy atom. The highest BCUT2D eigenvalue weighted by Crippen LogP contribution is 2.45. The van der Waals surface area contributed by atoms with Gasteiger partial charge in [0.2, 0.25) is 5.60 Å². The molecule has 1 atom stereocenters. The number of anilines is 1. The molecular weight excluding hydrogens is 538 g/mol. The monoisotopic (exact) mass is 566 g/mol. The molecule has 0 fully saturated rings. The summed E-state index contributed by atoms with van der Waals surface area (Å²) in [5.41, 5.74) is -9.50. The van der Waals surface area contributed by atoms with Gasteiger partial charge in [0.1, 0.15) is 11.3 Å². The van der Waals surface area contributed by atoms with Crippen LogP contribution in [0.3, 0.4) is 0 Å². The van der Waals surface area contributed by atoms with Crippen molar-refractivity contribution in [2.45, 2.75) is 90.3 Å². The molecule has 0 saturated carbocycles. The number of hydrogen-bond acceptors (Lipinski definition) is 8. The van der Waals surface area contributed by atoms with E-state index >= 15 is 0 Å². The van der Waals surface area contributed by atoms with Gasteiger partial charge in [-0.05, 0) is 51.5 Å². The predicted molar refractivity (Wildman–Crippen MR) is 124 cm³/mol. The number of carbonyl (C=O) groups is 2. The molecule has 0 spiro atoms. The molecule has 2 aromatic rings. The van der Waals surface area contributed by atoms with Gasteiger partial charge in [0.25, 0.3) is 11.8 Å². The maximum Gasteiger partial charge on any atom is 0.426 e. The van der Waals surface area contributed by atoms with Crippen LogP contribution in [0.4, 0.5) is 36.8 Å². The van der Waals surface area contributed by atoms with E-state index in [1.165, 1.54) is 20.8 Å². The van der Waals surface area contributed by atoms with Crippen molar-refractivity contribution in [3.63, 3.8) is 0 Å². The molecular formula is C24H28F6N4O5. The van der Waals surface area contributed by atoms with Gasteiger partial charge in [-0.2, -0.15) is 26.3 Å². The van der Waals surface area contributed by atoms with E-state index in [1.54, 1.807) is 13.8 Å². The lowest BCUT2D eigenvalue weighted by Gasteiger charge is -2.28. The molecule has 3 heterocycles. The van der Waals surface area contributed by atoms with Crippen LogP contribution in [-0.2, 0) is 16.5 Å². The number of rotatable bonds is 1. The van der Waals surface area contributed by atoms with Crippen LogP contribution in [-0.4, -0.2) is 43.9 Å². The quantitative estimate of drug-likeness (QED) is 0.379. The molecule has 0 aromatic carbocycles. The number of aromatic nitrogens is 3. The van der Waals surface area contributed by atoms with Crippen molar-refractivity contribution >= 4 is 17.6 Å². The van der Waals surface area contributed by atoms with Crippen molar-refractivity contribution in [3.8, 4) is 11.6 Å². The molecule has 0 radical (unpaired) electrons. The van der Waals surface area contributed by atoms with Crippen LogP contribution in [0.2, 0.25) is 0 Å². The van der Waals surface area contributed by atoms with Gasteiger partial charge in [0.15, 0.2) is 11.5 Å². The summed E-state index contributed by atoms with van der Waals surface area (Å²) < 4.78 is 94.2. The van der Waals surface area contributed by atoms with Crippen LogP contribution in [0.1, 0.15) is 88.7 Å². The number of Topliss-reactive ketones (excluding diaryl/α,β-unsaturated/α-hetero) is 1. The summed E-state index contributed by atoms with van der Waals surface area (Å²) in [6, 6.07) is 0.401. The molecule has 4 bridgehead atoms. The molecule has 15 heteroatoms. The number of halogens is 6. The van der Waals surface area contributed by atoms with Gasteiger partial charge in [0.05, 0.1) is 11.3 Å². The number of nitrogens with zero attached hydrogens (tertiary/aromatic N) is 3. The number of ketones is 1. The Kier molecular flexibility index (Phi) is 7.82. The van der Waals surface area contributed by atoms with Crippen LogP contribution < -0.4 is 5.32 Å². The first-order chi connectivity index (χ1) is 17.6. The summed E-state index contributed by atoms with van der Waals surface area (Å²) in [4.78, 5) is 29.3. The number of ether oxygens (including phenoxy) is 1. The van der Waals surface area contributed by atoms with Gasteiger partial charge in [0, 0.05) is 6.42 Å². The minimum Gasteiger partial charge on any atom is -0.444 e. The number of fused-ring (bicyclic) bond motifs is 5. The lowest BCUT2D eigenvalue weighted by atomic mass is 9.80. The van der Waals surface area contributed by atoms with Crippen molar-refractivity contribution in [1.29, 1.82) is 0 Å². The summed E-state index contributed by atoms with van der Waals surface area (Å²) in [6.07, 6.45) is -12.7. The number of nitrogens with one attached hydrogen (secondary N) is 1. The Labute approximate surface area is 219 Å². The third-order valence-electron chi connectivity index (χ3n) is 5.96. The smallest absolute Gasteiger partial charge is 0.426 e. The molecule has 1 unspecified atom stereocenters. The largest absolute Gasteiger partial charge is 0.444 e. The van der Waals surface area contributed by atoms with E-state index in [9.17, 15) is 41.0 Å². The van der Waals surface area contributed by atoms with Crippen molar-refractivity contribution in [1.82, 2.24) is 15.2 Å². The van der Waals surface area contributed by atoms with Gasteiger partial charge >= 0.3 is 18.4 Å². The van der Waals surface area contributed by atoms with Crippen LogP contribution >= 0.6 is 0 Å². The third kappa shape index (κ3) is 6.86. The summed E-state index contributed by atoms with van der Waals surface area (Å²) in [6.45, 7) is 7.63. The first-order valence-electron chi connectivity index (χ1n) is 11.9. The highest BCUT2D eigenvalue weighted by atomic mass is 19.4. The maximum atomic E-state index is 14.1. The van der Waals surface area contributed by atoms with Crippen LogP contribution in [0, 0.1) is 5.41 Å². The van der Waals surface area contributed by atoms with E-state index < -0.39 is 88.1 Å². The molecule has 1 aliphatic rings. The highest BCUT2D eigenvalue weighted by molar-refractivity contribution is 5.98. The van der Waals surface area contributed by atoms with Crippen molar-refractivity contribution < 1.29 is 50.2 Å². The SMILES string of the molecule is CC1(C)CCCCC(O)(C(F)(F)F)c2nnc(o2)-c2nc(c(C(F)(F)F)cc2NC(=O)OC(C)(C)C)C(=O)C1. The normalized spacial score (nSPS) is 20.8. The van der Waals surface area contributed by atoms with Crippen molar-refractivity contribution in [2.24, 2.45) is 5.41 Å². The zero-order chi connectivity index (χ0) is 29.6. The Balaban J connectivity index is 2.30. The number of pyridine rings is 1. The molecule has 1 amide bonds. The van der Waals surface area contributed by atoms with Gasteiger partial charge in [-0.15, -0.1) is 10.2 Å². The average molecular weight is 566 g/mol. The summed E-state index contributed by atoms with van der Waals surface area (Å²) in [5, 5.41) is 19.4. The number of carbonyl (C=O) groups excluding carboxylic acids is 2. The van der Waals surface area contributed by atoms with E-state index in [0.29, 0.717) is 6.07 Å². The summed E-state index contributed by atoms with van der Waals surface area (Å²) in [7, 11) is 0. The fourth-order valence-electron chi connectivity index (χ4n) is 4.06. The average Bonchev–Trinajstić information content (AvgIpc) is 3.23. The predicted octanol–water partition coefficient (Wildman–Crippen LogP) is 6.42. The Morgan fingerprint density at radius 1 is 1.05 bits per heavy atom. The summed E-state index contributed by atoms with van der Waals surface area (Å²) >= 11 is 0. The van der Waals surface area contributed by atoms with Crippen LogP contribution in [0.15, 0.2) is 10.5 Å². The topological polar surface area (TPSA) is 127 Å². The molecule has 0 saturated heterocycles. The van der Waals surface area contributed by atoms with E-state index in [4.69, 9.17) is 9.15 Å². The maximum absolute atomic E-state index is 14.1. The van der Waals surface area contributed by atoms with Crippen molar-refractivity contribution in [3.05, 3.63) is 23.2 Å². The third-order valence-corrected chi connectivity index (χ3v) is 5.96. The number of amides is 1. The van der Waals surface area contributed by atoms with E-state index in [2.05, 4.69) is 20.5 Å². The Hall–Kier alpha value is -3.23. The zero-order valence-electron chi connectivity index (χ0n) is 21.8. The number of hydrogen-bond donors (Lipinski definition) is 2. The van der Waals surface area contributed by atoms with E-state index in [0.717, 1.165) is 0 Å². The molecule has 0 aliphatic carbocycles. The van der Waals surface area contributed by atoms with Crippen LogP contribution in [0.25, 0.3) is 11.6 Å². The second-order valence-corrected chi connectivity index (χ2v) is 11.1. The Morgan fingerprint density at radius 2 is 1.67 bits per heavy atom. The molecule has 2 N–H and O–H groups in total. The van der Waals surface area contributed by atoms with Crippen LogP contribution in [0.5, 0.6) is 0 Å². The minimum atomic E-state index is -5.24. The molecule has 9 nitrogen and oxygen atoms in total. The molecule has 1 aliphatic heterocycles. The standard InChI is InChI=1S/C24H28F6N4O5/c1-20(2,3)39-19(36)31-13-10-12(23(25,26)27)15-14(35)11-21(4,5)8-6-7-9-22(37,24(28,29)30)18-34-33-17(38-18)16(13)32-15/h10,37H,6-9,11H2,1-5H3,(H,31,36). The first-order valence-corrected chi connectivity index (χ1v) is 11.9. The lowest BCUT2D eigenvalue weighted by Crippen LogP contribution is -2.42. The van der Waals surface area contributed by atoms with Gasteiger partial charge in [-0.3, -0.25) is 10.1 Å². The highest BCUT2D eigenvalue weighted by Gasteiger charge is 2.58. The van der Waals surface area contributed by atoms with Gasteiger partial charge in [-0.25, -0.2) is 9.78 Å². The molecule has 3 rings (SSSR count). The second kappa shape index (κ2) is 10.1. The van der Waals surface area contributed by atoms with Gasteiger partial charge < -0.3 is 14.3 Å². The number of alkyl halides is 6. The molecule has 2 aromatic heterocycles. The zero-order valence-corrected chi connectivity index (χ0v) is 21.8.